The monoisotopic (exact) mass is 410 g/mol. The van der Waals surface area contributed by atoms with Gasteiger partial charge in [-0.05, 0) is 49.7 Å². The number of carboxylic acids is 1. The highest BCUT2D eigenvalue weighted by Gasteiger charge is 2.16. The van der Waals surface area contributed by atoms with E-state index in [1.165, 1.54) is 23.5 Å². The molecule has 1 aromatic carbocycles. The van der Waals surface area contributed by atoms with Crippen molar-refractivity contribution in [2.75, 3.05) is 6.61 Å². The Labute approximate surface area is 169 Å². The molecule has 7 nitrogen and oxygen atoms in total. The molecule has 0 spiro atoms. The number of fused-ring (bicyclic) bond motifs is 1. The molecule has 0 saturated carbocycles. The number of hydrogen-bond donors (Lipinski definition) is 1. The Morgan fingerprint density at radius 3 is 2.76 bits per heavy atom. The maximum Gasteiger partial charge on any atom is 0.335 e. The van der Waals surface area contributed by atoms with Crippen molar-refractivity contribution in [3.63, 3.8) is 0 Å². The van der Waals surface area contributed by atoms with Crippen molar-refractivity contribution < 1.29 is 19.1 Å². The van der Waals surface area contributed by atoms with Gasteiger partial charge in [-0.1, -0.05) is 0 Å². The second kappa shape index (κ2) is 7.92. The lowest BCUT2D eigenvalue weighted by Crippen LogP contribution is -2.24. The Balaban J connectivity index is 1.48. The van der Waals surface area contributed by atoms with E-state index in [1.807, 2.05) is 18.4 Å². The first-order valence-electron chi connectivity index (χ1n) is 9.03. The maximum atomic E-state index is 13.1. The summed E-state index contributed by atoms with van der Waals surface area (Å²) in [4.78, 5) is 29.2. The van der Waals surface area contributed by atoms with Crippen LogP contribution in [0.25, 0.3) is 21.5 Å². The summed E-state index contributed by atoms with van der Waals surface area (Å²) < 4.78 is 12.8. The van der Waals surface area contributed by atoms with Gasteiger partial charge in [-0.3, -0.25) is 9.36 Å². The van der Waals surface area contributed by atoms with E-state index in [4.69, 9.17) is 14.3 Å². The molecule has 8 heteroatoms. The molecule has 3 heterocycles. The molecule has 0 fully saturated rings. The Morgan fingerprint density at radius 1 is 1.28 bits per heavy atom. The predicted molar refractivity (Wildman–Crippen MR) is 110 cm³/mol. The van der Waals surface area contributed by atoms with Crippen LogP contribution in [0.1, 0.15) is 22.6 Å². The summed E-state index contributed by atoms with van der Waals surface area (Å²) in [6, 6.07) is 9.85. The lowest BCUT2D eigenvalue weighted by molar-refractivity contribution is 0.0697. The molecule has 0 bridgehead atoms. The molecule has 0 unspecified atom stereocenters. The lowest BCUT2D eigenvalue weighted by Gasteiger charge is -2.11. The number of rotatable bonds is 7. The van der Waals surface area contributed by atoms with Crippen molar-refractivity contribution in [2.24, 2.45) is 0 Å². The largest absolute Gasteiger partial charge is 0.494 e. The van der Waals surface area contributed by atoms with Gasteiger partial charge in [0, 0.05) is 17.5 Å². The molecule has 1 N–H and O–H groups in total. The summed E-state index contributed by atoms with van der Waals surface area (Å²) in [5.41, 5.74) is 0.879. The molecule has 0 saturated heterocycles. The van der Waals surface area contributed by atoms with E-state index >= 15 is 0 Å². The van der Waals surface area contributed by atoms with E-state index < -0.39 is 5.97 Å². The average molecular weight is 410 g/mol. The summed E-state index contributed by atoms with van der Waals surface area (Å²) in [5.74, 6) is 0.919. The topological polar surface area (TPSA) is 94.6 Å². The number of hydrogen-bond acceptors (Lipinski definition) is 6. The van der Waals surface area contributed by atoms with Crippen LogP contribution in [0.15, 0.2) is 57.3 Å². The molecule has 0 atom stereocenters. The van der Waals surface area contributed by atoms with E-state index in [1.54, 1.807) is 29.0 Å². The van der Waals surface area contributed by atoms with Crippen LogP contribution in [-0.4, -0.2) is 27.2 Å². The van der Waals surface area contributed by atoms with Crippen LogP contribution in [-0.2, 0) is 6.54 Å². The fraction of sp³-hybridized carbons (Fsp3) is 0.190. The van der Waals surface area contributed by atoms with Gasteiger partial charge in [0.25, 0.3) is 5.56 Å². The predicted octanol–water partition coefficient (Wildman–Crippen LogP) is 4.19. The molecule has 4 aromatic rings. The fourth-order valence-electron chi connectivity index (χ4n) is 3.11. The molecular formula is C21H18N2O5S. The van der Waals surface area contributed by atoms with Gasteiger partial charge in [0.05, 0.1) is 23.8 Å². The summed E-state index contributed by atoms with van der Waals surface area (Å²) in [7, 11) is 0. The van der Waals surface area contributed by atoms with E-state index in [-0.39, 0.29) is 11.1 Å². The second-order valence-electron chi connectivity index (χ2n) is 6.45. The highest BCUT2D eigenvalue weighted by atomic mass is 32.1. The summed E-state index contributed by atoms with van der Waals surface area (Å²) in [6.07, 6.45) is 2.19. The number of aryl methyl sites for hydroxylation is 1. The van der Waals surface area contributed by atoms with Crippen LogP contribution in [0, 0.1) is 6.92 Å². The first kappa shape index (κ1) is 18.9. The van der Waals surface area contributed by atoms with Crippen LogP contribution >= 0.6 is 11.3 Å². The number of aromatic carboxylic acids is 1. The van der Waals surface area contributed by atoms with Crippen molar-refractivity contribution in [3.8, 4) is 17.1 Å². The smallest absolute Gasteiger partial charge is 0.335 e. The number of carbonyl (C=O) groups is 1. The number of thiophene rings is 1. The zero-order chi connectivity index (χ0) is 20.4. The van der Waals surface area contributed by atoms with Gasteiger partial charge in [-0.25, -0.2) is 9.78 Å². The van der Waals surface area contributed by atoms with Gasteiger partial charge >= 0.3 is 5.97 Å². The second-order valence-corrected chi connectivity index (χ2v) is 7.31. The van der Waals surface area contributed by atoms with Crippen LogP contribution in [0.4, 0.5) is 0 Å². The van der Waals surface area contributed by atoms with Crippen molar-refractivity contribution in [2.45, 2.75) is 19.9 Å². The molecule has 0 radical (unpaired) electrons. The Kier molecular flexibility index (Phi) is 5.18. The lowest BCUT2D eigenvalue weighted by atomic mass is 10.2. The van der Waals surface area contributed by atoms with E-state index in [2.05, 4.69) is 4.98 Å². The van der Waals surface area contributed by atoms with Crippen LogP contribution in [0.2, 0.25) is 0 Å². The summed E-state index contributed by atoms with van der Waals surface area (Å²) >= 11 is 1.43. The van der Waals surface area contributed by atoms with Gasteiger partial charge in [0.1, 0.15) is 22.2 Å². The van der Waals surface area contributed by atoms with Gasteiger partial charge in [-0.15, -0.1) is 11.3 Å². The zero-order valence-corrected chi connectivity index (χ0v) is 16.4. The summed E-state index contributed by atoms with van der Waals surface area (Å²) in [5, 5.41) is 11.4. The Bertz CT molecular complexity index is 1210. The first-order valence-corrected chi connectivity index (χ1v) is 9.91. The minimum atomic E-state index is -0.975. The molecule has 0 aliphatic heterocycles. The number of ether oxygens (including phenoxy) is 1. The molecule has 148 valence electrons. The SMILES string of the molecule is Cc1nc2scc(-c3ccco3)c2c(=O)n1CCCOc1ccc(C(=O)O)cc1. The van der Waals surface area contributed by atoms with Crippen LogP contribution in [0.5, 0.6) is 5.75 Å². The third kappa shape index (κ3) is 3.79. The van der Waals surface area contributed by atoms with Gasteiger partial charge in [-0.2, -0.15) is 0 Å². The molecule has 0 amide bonds. The Morgan fingerprint density at radius 2 is 2.07 bits per heavy atom. The highest BCUT2D eigenvalue weighted by Crippen LogP contribution is 2.31. The number of carboxylic acid groups (broad SMARTS) is 1. The van der Waals surface area contributed by atoms with Gasteiger partial charge in [0.2, 0.25) is 0 Å². The number of furan rings is 1. The van der Waals surface area contributed by atoms with Crippen molar-refractivity contribution in [1.82, 2.24) is 9.55 Å². The summed E-state index contributed by atoms with van der Waals surface area (Å²) in [6.45, 7) is 2.68. The fourth-order valence-corrected chi connectivity index (χ4v) is 4.07. The third-order valence-corrected chi connectivity index (χ3v) is 5.44. The van der Waals surface area contributed by atoms with Crippen molar-refractivity contribution >= 4 is 27.5 Å². The average Bonchev–Trinajstić information content (AvgIpc) is 3.37. The molecule has 3 aromatic heterocycles. The quantitative estimate of drug-likeness (QED) is 0.459. The van der Waals surface area contributed by atoms with Crippen LogP contribution in [0.3, 0.4) is 0 Å². The maximum absolute atomic E-state index is 13.1. The molecule has 4 rings (SSSR count). The van der Waals surface area contributed by atoms with Gasteiger partial charge in [0.15, 0.2) is 0 Å². The van der Waals surface area contributed by atoms with Crippen LogP contribution < -0.4 is 10.3 Å². The first-order chi connectivity index (χ1) is 14.0. The number of nitrogens with zero attached hydrogens (tertiary/aromatic N) is 2. The molecule has 0 aliphatic carbocycles. The molecular weight excluding hydrogens is 392 g/mol. The van der Waals surface area contributed by atoms with E-state index in [0.29, 0.717) is 47.1 Å². The highest BCUT2D eigenvalue weighted by molar-refractivity contribution is 7.17. The van der Waals surface area contributed by atoms with E-state index in [0.717, 1.165) is 5.56 Å². The zero-order valence-electron chi connectivity index (χ0n) is 15.6. The standard InChI is InChI=1S/C21H18N2O5S/c1-13-22-19-18(16(12-29-19)17-4-2-10-28-17)20(24)23(13)9-3-11-27-15-7-5-14(6-8-15)21(25)26/h2,4-8,10,12H,3,9,11H2,1H3,(H,25,26). The van der Waals surface area contributed by atoms with Crippen molar-refractivity contribution in [1.29, 1.82) is 0 Å². The Hall–Kier alpha value is -3.39. The normalized spacial score (nSPS) is 11.1. The number of aromatic nitrogens is 2. The van der Waals surface area contributed by atoms with Crippen molar-refractivity contribution in [3.05, 3.63) is 69.8 Å². The molecule has 0 aliphatic rings. The minimum absolute atomic E-state index is 0.0917. The third-order valence-electron chi connectivity index (χ3n) is 4.57. The van der Waals surface area contributed by atoms with Gasteiger partial charge < -0.3 is 14.3 Å². The van der Waals surface area contributed by atoms with E-state index in [9.17, 15) is 9.59 Å². The molecule has 29 heavy (non-hydrogen) atoms. The number of benzene rings is 1. The minimum Gasteiger partial charge on any atom is -0.494 e.